The van der Waals surface area contributed by atoms with Crippen molar-refractivity contribution in [2.24, 2.45) is 23.7 Å². The molecular weight excluding hydrogens is 310 g/mol. The molecule has 2 N–H and O–H groups in total. The Morgan fingerprint density at radius 3 is 2.71 bits per heavy atom. The summed E-state index contributed by atoms with van der Waals surface area (Å²) in [4.78, 5) is 12.5. The quantitative estimate of drug-likeness (QED) is 0.620. The van der Waals surface area contributed by atoms with Crippen molar-refractivity contribution in [1.29, 1.82) is 5.26 Å². The highest BCUT2D eigenvalue weighted by Crippen LogP contribution is 2.65. The van der Waals surface area contributed by atoms with Gasteiger partial charge >= 0.3 is 0 Å². The van der Waals surface area contributed by atoms with E-state index >= 15 is 0 Å². The molecule has 3 saturated carbocycles. The lowest BCUT2D eigenvalue weighted by Gasteiger charge is -2.49. The van der Waals surface area contributed by atoms with Crippen molar-refractivity contribution in [2.45, 2.75) is 37.1 Å². The van der Waals surface area contributed by atoms with Gasteiger partial charge in [-0.2, -0.15) is 5.26 Å². The van der Waals surface area contributed by atoms with Gasteiger partial charge in [-0.25, -0.2) is 0 Å². The molecule has 5 rings (SSSR count). The topological polar surface area (TPSA) is 111 Å². The van der Waals surface area contributed by atoms with Crippen LogP contribution in [0.1, 0.15) is 18.4 Å². The molecule has 7 nitrogen and oxygen atoms in total. The van der Waals surface area contributed by atoms with Gasteiger partial charge in [0, 0.05) is 12.1 Å². The Kier molecular flexibility index (Phi) is 2.64. The summed E-state index contributed by atoms with van der Waals surface area (Å²) in [5.41, 5.74) is 0.712. The van der Waals surface area contributed by atoms with Gasteiger partial charge in [-0.1, -0.05) is 0 Å². The molecule has 0 aromatic heterocycles. The number of nitriles is 1. The summed E-state index contributed by atoms with van der Waals surface area (Å²) in [6.07, 6.45) is 0.851. The van der Waals surface area contributed by atoms with E-state index in [9.17, 15) is 25.6 Å². The van der Waals surface area contributed by atoms with Gasteiger partial charge in [0.15, 0.2) is 0 Å². The molecule has 4 aliphatic rings. The van der Waals surface area contributed by atoms with Crippen LogP contribution in [0.25, 0.3) is 0 Å². The third-order valence-electron chi connectivity index (χ3n) is 6.88. The normalized spacial score (nSPS) is 44.1. The van der Waals surface area contributed by atoms with Crippen molar-refractivity contribution in [3.8, 4) is 6.07 Å². The van der Waals surface area contributed by atoms with E-state index < -0.39 is 17.1 Å². The lowest BCUT2D eigenvalue weighted by molar-refractivity contribution is -0.384. The molecule has 7 heteroatoms. The lowest BCUT2D eigenvalue weighted by Crippen LogP contribution is -2.61. The van der Waals surface area contributed by atoms with Crippen molar-refractivity contribution < 1.29 is 15.1 Å². The van der Waals surface area contributed by atoms with Gasteiger partial charge in [-0.3, -0.25) is 10.1 Å². The largest absolute Gasteiger partial charge is 0.391 e. The summed E-state index contributed by atoms with van der Waals surface area (Å²) in [7, 11) is 0. The molecule has 4 fully saturated rings. The van der Waals surface area contributed by atoms with E-state index in [1.807, 2.05) is 4.90 Å². The van der Waals surface area contributed by atoms with Gasteiger partial charge in [0.2, 0.25) is 0 Å². The number of non-ortho nitro benzene ring substituents is 1. The number of aliphatic hydroxyl groups excluding tert-OH is 2. The average molecular weight is 327 g/mol. The Morgan fingerprint density at radius 1 is 1.21 bits per heavy atom. The van der Waals surface area contributed by atoms with E-state index in [1.54, 1.807) is 6.07 Å². The molecule has 1 aliphatic heterocycles. The number of hydrogen-bond donors (Lipinski definition) is 2. The second-order valence-electron chi connectivity index (χ2n) is 7.56. The summed E-state index contributed by atoms with van der Waals surface area (Å²) in [6, 6.07) is 6.12. The van der Waals surface area contributed by atoms with Crippen LogP contribution in [0.15, 0.2) is 18.2 Å². The minimum absolute atomic E-state index is 0.0966. The maximum atomic E-state index is 11.0. The monoisotopic (exact) mass is 327 g/mol. The van der Waals surface area contributed by atoms with Crippen LogP contribution in [0.2, 0.25) is 0 Å². The molecule has 1 saturated heterocycles. The molecule has 0 radical (unpaired) electrons. The zero-order chi connectivity index (χ0) is 16.7. The number of nitro groups is 1. The number of anilines is 1. The van der Waals surface area contributed by atoms with Crippen LogP contribution >= 0.6 is 0 Å². The second kappa shape index (κ2) is 4.47. The van der Waals surface area contributed by atoms with E-state index in [-0.39, 0.29) is 41.1 Å². The van der Waals surface area contributed by atoms with Crippen LogP contribution < -0.4 is 4.90 Å². The summed E-state index contributed by atoms with van der Waals surface area (Å²) in [5, 5.41) is 41.9. The van der Waals surface area contributed by atoms with E-state index in [1.165, 1.54) is 12.1 Å². The van der Waals surface area contributed by atoms with Crippen molar-refractivity contribution in [2.75, 3.05) is 4.90 Å². The first-order chi connectivity index (χ1) is 11.5. The van der Waals surface area contributed by atoms with Crippen LogP contribution in [0.5, 0.6) is 0 Å². The number of benzene rings is 1. The number of aliphatic hydroxyl groups is 2. The van der Waals surface area contributed by atoms with Crippen molar-refractivity contribution in [3.05, 3.63) is 33.9 Å². The predicted octanol–water partition coefficient (Wildman–Crippen LogP) is 1.03. The molecule has 124 valence electrons. The van der Waals surface area contributed by atoms with Crippen LogP contribution in [-0.4, -0.2) is 39.4 Å². The fraction of sp³-hybridized carbons (Fsp3) is 0.588. The number of piperidine rings is 1. The van der Waals surface area contributed by atoms with Crippen LogP contribution in [-0.2, 0) is 0 Å². The molecule has 4 bridgehead atoms. The number of rotatable bonds is 2. The highest BCUT2D eigenvalue weighted by molar-refractivity contribution is 5.65. The van der Waals surface area contributed by atoms with Crippen molar-refractivity contribution >= 4 is 11.4 Å². The minimum atomic E-state index is -0.515. The third-order valence-corrected chi connectivity index (χ3v) is 6.88. The smallest absolute Gasteiger partial charge is 0.270 e. The summed E-state index contributed by atoms with van der Waals surface area (Å²) in [6.45, 7) is 0. The number of hydrogen-bond acceptors (Lipinski definition) is 6. The van der Waals surface area contributed by atoms with Gasteiger partial charge in [0.05, 0.1) is 40.5 Å². The van der Waals surface area contributed by atoms with Crippen LogP contribution in [0.4, 0.5) is 11.4 Å². The Balaban J connectivity index is 1.65. The molecule has 24 heavy (non-hydrogen) atoms. The zero-order valence-corrected chi connectivity index (χ0v) is 12.8. The van der Waals surface area contributed by atoms with Crippen molar-refractivity contribution in [3.63, 3.8) is 0 Å². The number of nitrogens with zero attached hydrogens (tertiary/aromatic N) is 3. The molecule has 1 heterocycles. The molecule has 1 aromatic rings. The maximum Gasteiger partial charge on any atom is 0.270 e. The lowest BCUT2D eigenvalue weighted by atomic mass is 9.74. The SMILES string of the molecule is N#Cc1cc([N+](=O)[O-])ccc1N1C2CC3C4CC(C3C2O)C1C4O. The van der Waals surface area contributed by atoms with Gasteiger partial charge in [-0.15, -0.1) is 0 Å². The molecule has 8 unspecified atom stereocenters. The summed E-state index contributed by atoms with van der Waals surface area (Å²) < 4.78 is 0. The Labute approximate surface area is 138 Å². The van der Waals surface area contributed by atoms with Gasteiger partial charge in [0.1, 0.15) is 6.07 Å². The first-order valence-corrected chi connectivity index (χ1v) is 8.36. The minimum Gasteiger partial charge on any atom is -0.391 e. The molecule has 0 spiro atoms. The van der Waals surface area contributed by atoms with Gasteiger partial charge in [-0.05, 0) is 42.6 Å². The van der Waals surface area contributed by atoms with E-state index in [0.29, 0.717) is 11.6 Å². The molecular formula is C17H17N3O4. The maximum absolute atomic E-state index is 11.0. The number of fused-ring (bicyclic) bond motifs is 3. The first-order valence-electron chi connectivity index (χ1n) is 8.36. The van der Waals surface area contributed by atoms with E-state index in [4.69, 9.17) is 0 Å². The third kappa shape index (κ3) is 1.48. The zero-order valence-electron chi connectivity index (χ0n) is 12.8. The molecule has 3 aliphatic carbocycles. The predicted molar refractivity (Wildman–Crippen MR) is 83.1 cm³/mol. The summed E-state index contributed by atoms with van der Waals surface area (Å²) >= 11 is 0. The highest BCUT2D eigenvalue weighted by atomic mass is 16.6. The molecule has 0 amide bonds. The fourth-order valence-corrected chi connectivity index (χ4v) is 6.19. The highest BCUT2D eigenvalue weighted by Gasteiger charge is 2.70. The molecule has 1 aromatic carbocycles. The average Bonchev–Trinajstić information content (AvgIpc) is 3.14. The Hall–Kier alpha value is -2.17. The van der Waals surface area contributed by atoms with E-state index in [2.05, 4.69) is 6.07 Å². The van der Waals surface area contributed by atoms with Crippen LogP contribution in [0.3, 0.4) is 0 Å². The van der Waals surface area contributed by atoms with E-state index in [0.717, 1.165) is 12.8 Å². The summed E-state index contributed by atoms with van der Waals surface area (Å²) in [5.74, 6) is 1.09. The standard InChI is InChI=1S/C17H17N3O4/c18-6-7-3-8(20(23)24)1-2-12(7)19-13-5-9-10-4-11(14(9)17(13)22)15(19)16(10)21/h1-3,9-11,13-17,21-22H,4-5H2. The van der Waals surface area contributed by atoms with Crippen LogP contribution in [0, 0.1) is 45.1 Å². The second-order valence-corrected chi connectivity index (χ2v) is 7.56. The first kappa shape index (κ1) is 14.2. The number of nitro benzene ring substituents is 1. The fourth-order valence-electron chi connectivity index (χ4n) is 6.19. The Morgan fingerprint density at radius 2 is 2.00 bits per heavy atom. The molecule has 8 atom stereocenters. The van der Waals surface area contributed by atoms with Gasteiger partial charge < -0.3 is 15.1 Å². The van der Waals surface area contributed by atoms with Crippen molar-refractivity contribution in [1.82, 2.24) is 0 Å². The van der Waals surface area contributed by atoms with Gasteiger partial charge in [0.25, 0.3) is 5.69 Å². The Bertz CT molecular complexity index is 791.